The summed E-state index contributed by atoms with van der Waals surface area (Å²) in [6.07, 6.45) is 5.63. The van der Waals surface area contributed by atoms with Gasteiger partial charge < -0.3 is 4.74 Å². The van der Waals surface area contributed by atoms with Crippen molar-refractivity contribution in [1.82, 2.24) is 0 Å². The number of nitrogens with zero attached hydrogens (tertiary/aromatic N) is 1. The highest BCUT2D eigenvalue weighted by Crippen LogP contribution is 2.31. The second kappa shape index (κ2) is 5.76. The van der Waals surface area contributed by atoms with Gasteiger partial charge in [0.05, 0.1) is 21.4 Å². The van der Waals surface area contributed by atoms with E-state index in [0.717, 1.165) is 55.1 Å². The van der Waals surface area contributed by atoms with Crippen LogP contribution in [0, 0.1) is 5.92 Å². The van der Waals surface area contributed by atoms with Crippen molar-refractivity contribution >= 4 is 28.1 Å². The van der Waals surface area contributed by atoms with Crippen molar-refractivity contribution in [3.63, 3.8) is 0 Å². The molecule has 3 nitrogen and oxygen atoms in total. The number of halogens is 1. The van der Waals surface area contributed by atoms with E-state index in [1.807, 2.05) is 6.08 Å². The largest absolute Gasteiger partial charge is 0.381 e. The van der Waals surface area contributed by atoms with Crippen LogP contribution in [0.15, 0.2) is 32.4 Å². The normalized spacial score (nSPS) is 27.9. The van der Waals surface area contributed by atoms with E-state index in [1.54, 1.807) is 0 Å². The highest BCUT2D eigenvalue weighted by molar-refractivity contribution is 7.90. The second-order valence-electron chi connectivity index (χ2n) is 5.05. The van der Waals surface area contributed by atoms with Crippen molar-refractivity contribution in [3.05, 3.63) is 27.4 Å². The van der Waals surface area contributed by atoms with E-state index in [2.05, 4.69) is 10.7 Å². The van der Waals surface area contributed by atoms with E-state index >= 15 is 0 Å². The molecule has 3 rings (SSSR count). The van der Waals surface area contributed by atoms with Crippen molar-refractivity contribution in [2.45, 2.75) is 25.7 Å². The summed E-state index contributed by atoms with van der Waals surface area (Å²) < 4.78 is 17.5. The third-order valence-electron chi connectivity index (χ3n) is 3.76. The molecule has 1 unspecified atom stereocenters. The Kier molecular flexibility index (Phi) is 4.04. The van der Waals surface area contributed by atoms with Crippen LogP contribution in [0.25, 0.3) is 0 Å². The molecular weight excluding hydrogens is 282 g/mol. The lowest BCUT2D eigenvalue weighted by molar-refractivity contribution is 0.0685. The first-order valence-corrected chi connectivity index (χ1v) is 8.33. The van der Waals surface area contributed by atoms with Gasteiger partial charge in [-0.25, -0.2) is 4.99 Å². The topological polar surface area (TPSA) is 38.7 Å². The Bertz CT molecular complexity index is 538. The lowest BCUT2D eigenvalue weighted by atomic mass is 9.93. The lowest BCUT2D eigenvalue weighted by Gasteiger charge is -2.22. The van der Waals surface area contributed by atoms with Crippen LogP contribution in [-0.4, -0.2) is 28.9 Å². The average molecular weight is 298 g/mol. The highest BCUT2D eigenvalue weighted by atomic mass is 35.5. The van der Waals surface area contributed by atoms with Gasteiger partial charge in [-0.2, -0.15) is 0 Å². The Labute approximate surface area is 120 Å². The fourth-order valence-corrected chi connectivity index (χ4v) is 4.34. The molecule has 0 amide bonds. The van der Waals surface area contributed by atoms with Gasteiger partial charge in [-0.3, -0.25) is 4.21 Å². The van der Waals surface area contributed by atoms with Crippen LogP contribution >= 0.6 is 11.6 Å². The molecule has 102 valence electrons. The highest BCUT2D eigenvalue weighted by Gasteiger charge is 2.28. The summed E-state index contributed by atoms with van der Waals surface area (Å²) in [6, 6.07) is 0. The van der Waals surface area contributed by atoms with Crippen LogP contribution in [0.5, 0.6) is 0 Å². The van der Waals surface area contributed by atoms with E-state index in [-0.39, 0.29) is 0 Å². The first-order valence-electron chi connectivity index (χ1n) is 6.63. The maximum absolute atomic E-state index is 12.2. The van der Waals surface area contributed by atoms with Gasteiger partial charge in [0.25, 0.3) is 0 Å². The Balaban J connectivity index is 1.87. The summed E-state index contributed by atoms with van der Waals surface area (Å²) in [7, 11) is -0.925. The molecule has 1 atom stereocenters. The zero-order chi connectivity index (χ0) is 13.2. The number of hydrogen-bond donors (Lipinski definition) is 0. The predicted octanol–water partition coefficient (Wildman–Crippen LogP) is 2.90. The Morgan fingerprint density at radius 3 is 3.05 bits per heavy atom. The molecule has 0 aromatic rings. The third kappa shape index (κ3) is 2.92. The average Bonchev–Trinajstić information content (AvgIpc) is 2.70. The molecule has 19 heavy (non-hydrogen) atoms. The number of hydrogen-bond acceptors (Lipinski definition) is 3. The van der Waals surface area contributed by atoms with Crippen LogP contribution < -0.4 is 0 Å². The van der Waals surface area contributed by atoms with Gasteiger partial charge in [0.1, 0.15) is 0 Å². The molecule has 5 heteroatoms. The van der Waals surface area contributed by atoms with Gasteiger partial charge >= 0.3 is 0 Å². The molecule has 0 aromatic heterocycles. The minimum atomic E-state index is -0.925. The summed E-state index contributed by atoms with van der Waals surface area (Å²) in [5.74, 6) is 1.26. The van der Waals surface area contributed by atoms with Gasteiger partial charge in [0, 0.05) is 19.0 Å². The summed E-state index contributed by atoms with van der Waals surface area (Å²) in [6.45, 7) is 1.63. The molecule has 3 heterocycles. The van der Waals surface area contributed by atoms with Crippen molar-refractivity contribution in [2.24, 2.45) is 10.9 Å². The molecule has 0 radical (unpaired) electrons. The van der Waals surface area contributed by atoms with Crippen molar-refractivity contribution in [1.29, 1.82) is 0 Å². The molecule has 3 aliphatic heterocycles. The third-order valence-corrected chi connectivity index (χ3v) is 5.48. The van der Waals surface area contributed by atoms with E-state index in [4.69, 9.17) is 16.3 Å². The maximum Gasteiger partial charge on any atom is 0.172 e. The zero-order valence-corrected chi connectivity index (χ0v) is 12.2. The Morgan fingerprint density at radius 2 is 2.26 bits per heavy atom. The zero-order valence-electron chi connectivity index (χ0n) is 10.7. The first kappa shape index (κ1) is 13.3. The summed E-state index contributed by atoms with van der Waals surface area (Å²) in [5, 5.41) is 0.369. The molecule has 0 aliphatic carbocycles. The van der Waals surface area contributed by atoms with E-state index in [9.17, 15) is 4.21 Å². The monoisotopic (exact) mass is 297 g/mol. The molecule has 0 N–H and O–H groups in total. The first-order chi connectivity index (χ1) is 9.24. The smallest absolute Gasteiger partial charge is 0.172 e. The quantitative estimate of drug-likeness (QED) is 0.581. The Morgan fingerprint density at radius 1 is 1.47 bits per heavy atom. The predicted molar refractivity (Wildman–Crippen MR) is 77.7 cm³/mol. The van der Waals surface area contributed by atoms with Crippen molar-refractivity contribution in [3.8, 4) is 0 Å². The maximum atomic E-state index is 12.2. The summed E-state index contributed by atoms with van der Waals surface area (Å²) in [5.41, 5.74) is 4.96. The van der Waals surface area contributed by atoms with Gasteiger partial charge in [-0.05, 0) is 43.3 Å². The number of allylic oxidation sites excluding steroid dienone is 3. The van der Waals surface area contributed by atoms with Crippen molar-refractivity contribution < 1.29 is 8.95 Å². The molecule has 0 spiro atoms. The molecular formula is C14H16ClNO2S. The van der Waals surface area contributed by atoms with Crippen LogP contribution in [-0.2, 0) is 15.5 Å². The number of ether oxygens (including phenoxy) is 1. The minimum absolute atomic E-state index is 0.369. The van der Waals surface area contributed by atoms with Crippen molar-refractivity contribution in [2.75, 3.05) is 19.0 Å². The van der Waals surface area contributed by atoms with Gasteiger partial charge in [0.15, 0.2) is 5.16 Å². The summed E-state index contributed by atoms with van der Waals surface area (Å²) >= 11 is 6.03. The van der Waals surface area contributed by atoms with E-state index in [0.29, 0.717) is 16.8 Å². The second-order valence-corrected chi connectivity index (χ2v) is 6.92. The number of rotatable bonds is 2. The van der Waals surface area contributed by atoms with E-state index in [1.165, 1.54) is 0 Å². The van der Waals surface area contributed by atoms with E-state index < -0.39 is 10.8 Å². The molecule has 1 saturated heterocycles. The fourth-order valence-electron chi connectivity index (χ4n) is 2.73. The van der Waals surface area contributed by atoms with Crippen LogP contribution in [0.3, 0.4) is 0 Å². The Hall–Kier alpha value is -0.670. The lowest BCUT2D eigenvalue weighted by Crippen LogP contribution is -2.20. The van der Waals surface area contributed by atoms with Gasteiger partial charge in [0.2, 0.25) is 0 Å². The molecule has 3 aliphatic rings. The molecule has 0 bridgehead atoms. The van der Waals surface area contributed by atoms with Crippen LogP contribution in [0.1, 0.15) is 25.7 Å². The number of aliphatic imine (C=N–C) groups is 1. The molecule has 0 saturated carbocycles. The van der Waals surface area contributed by atoms with Gasteiger partial charge in [-0.15, -0.1) is 0 Å². The molecule has 1 fully saturated rings. The standard InChI is InChI=1S/C14H16ClNO2S/c15-13-2-1-11-5-8-19(17)14(11)12(16-13)9-10-3-6-18-7-4-10/h1,10H,3-9H2. The van der Waals surface area contributed by atoms with Crippen LogP contribution in [0.2, 0.25) is 0 Å². The molecule has 0 aromatic carbocycles. The minimum Gasteiger partial charge on any atom is -0.381 e. The summed E-state index contributed by atoms with van der Waals surface area (Å²) in [4.78, 5) is 5.34. The van der Waals surface area contributed by atoms with Crippen LogP contribution in [0.4, 0.5) is 0 Å². The fraction of sp³-hybridized carbons (Fsp3) is 0.571. The SMILES string of the molecule is O=S1CCC2=C1C(CC1CCOCC1)=NC(Cl)=C=C2. The van der Waals surface area contributed by atoms with Gasteiger partial charge in [-0.1, -0.05) is 17.3 Å².